The zero-order chi connectivity index (χ0) is 22.2. The molecule has 2 aromatic carbocycles. The van der Waals surface area contributed by atoms with Gasteiger partial charge in [-0.15, -0.1) is 10.2 Å². The highest BCUT2D eigenvalue weighted by Gasteiger charge is 2.27. The number of hydrogen-bond donors (Lipinski definition) is 1. The minimum atomic E-state index is -0.539. The van der Waals surface area contributed by atoms with Gasteiger partial charge in [0.05, 0.1) is 16.6 Å². The summed E-state index contributed by atoms with van der Waals surface area (Å²) in [6.45, 7) is 0.398. The van der Waals surface area contributed by atoms with Crippen LogP contribution < -0.4 is 0 Å². The lowest BCUT2D eigenvalue weighted by Gasteiger charge is -2.08. The number of carbonyl (C=O) groups is 1. The van der Waals surface area contributed by atoms with E-state index < -0.39 is 5.78 Å². The van der Waals surface area contributed by atoms with E-state index in [0.717, 1.165) is 5.56 Å². The Morgan fingerprint density at radius 3 is 2.62 bits per heavy atom. The van der Waals surface area contributed by atoms with Gasteiger partial charge in [0.25, 0.3) is 11.7 Å². The lowest BCUT2D eigenvalue weighted by molar-refractivity contribution is 0.100. The highest BCUT2D eigenvalue weighted by atomic mass is 35.5. The summed E-state index contributed by atoms with van der Waals surface area (Å²) in [6, 6.07) is 15.5. The summed E-state index contributed by atoms with van der Waals surface area (Å²) in [5.41, 5.74) is 2.39. The molecule has 7 nitrogen and oxygen atoms in total. The largest absolute Gasteiger partial charge is 0.508 e. The lowest BCUT2D eigenvalue weighted by Crippen LogP contribution is -2.04. The molecule has 0 atom stereocenters. The Kier molecular flexibility index (Phi) is 5.13. The Bertz CT molecular complexity index is 1440. The molecule has 0 bridgehead atoms. The van der Waals surface area contributed by atoms with E-state index in [9.17, 15) is 9.90 Å². The quantitative estimate of drug-likeness (QED) is 0.351. The standard InChI is InChI=1S/C23H14Cl2N4O3/c24-15-5-3-13(4-6-15)12-29-18-8-7-16(30)10-17(18)19(21(29)25)20(31)23-28-27-22(32-23)14-2-1-9-26-11-14/h1-11,30H,12H2. The average Bonchev–Trinajstić information content (AvgIpc) is 3.39. The van der Waals surface area contributed by atoms with Crippen molar-refractivity contribution in [2.24, 2.45) is 0 Å². The van der Waals surface area contributed by atoms with Crippen molar-refractivity contribution >= 4 is 39.9 Å². The third kappa shape index (κ3) is 3.62. The van der Waals surface area contributed by atoms with Crippen molar-refractivity contribution in [3.05, 3.63) is 94.2 Å². The van der Waals surface area contributed by atoms with Crippen molar-refractivity contribution in [3.63, 3.8) is 0 Å². The predicted octanol–water partition coefficient (Wildman–Crippen LogP) is 5.38. The second kappa shape index (κ2) is 8.11. The fourth-order valence-electron chi connectivity index (χ4n) is 3.48. The van der Waals surface area contributed by atoms with Crippen LogP contribution in [-0.2, 0) is 6.54 Å². The molecule has 0 fully saturated rings. The molecular formula is C23H14Cl2N4O3. The molecule has 0 amide bonds. The van der Waals surface area contributed by atoms with E-state index in [4.69, 9.17) is 27.6 Å². The molecular weight excluding hydrogens is 451 g/mol. The van der Waals surface area contributed by atoms with Gasteiger partial charge >= 0.3 is 0 Å². The first kappa shape index (κ1) is 20.2. The zero-order valence-electron chi connectivity index (χ0n) is 16.4. The first-order valence-corrected chi connectivity index (χ1v) is 10.3. The van der Waals surface area contributed by atoms with E-state index >= 15 is 0 Å². The van der Waals surface area contributed by atoms with Crippen LogP contribution in [0.15, 0.2) is 71.4 Å². The fraction of sp³-hybridized carbons (Fsp3) is 0.0435. The van der Waals surface area contributed by atoms with Gasteiger partial charge in [-0.2, -0.15) is 0 Å². The fourth-order valence-corrected chi connectivity index (χ4v) is 3.95. The molecule has 158 valence electrons. The maximum atomic E-state index is 13.3. The molecule has 5 aromatic rings. The predicted molar refractivity (Wildman–Crippen MR) is 120 cm³/mol. The molecule has 0 aliphatic heterocycles. The van der Waals surface area contributed by atoms with Gasteiger partial charge in [0.1, 0.15) is 10.9 Å². The van der Waals surface area contributed by atoms with E-state index in [0.29, 0.717) is 28.0 Å². The number of phenols is 1. The molecule has 1 N–H and O–H groups in total. The van der Waals surface area contributed by atoms with Crippen molar-refractivity contribution in [1.29, 1.82) is 0 Å². The van der Waals surface area contributed by atoms with Gasteiger partial charge in [0.15, 0.2) is 0 Å². The number of aromatic nitrogens is 4. The summed E-state index contributed by atoms with van der Waals surface area (Å²) < 4.78 is 7.39. The van der Waals surface area contributed by atoms with Gasteiger partial charge in [-0.25, -0.2) is 0 Å². The first-order valence-electron chi connectivity index (χ1n) is 9.55. The minimum Gasteiger partial charge on any atom is -0.508 e. The number of halogens is 2. The van der Waals surface area contributed by atoms with E-state index in [1.54, 1.807) is 53.4 Å². The van der Waals surface area contributed by atoms with E-state index in [2.05, 4.69) is 15.2 Å². The number of ketones is 1. The van der Waals surface area contributed by atoms with Crippen molar-refractivity contribution in [3.8, 4) is 17.2 Å². The Balaban J connectivity index is 1.60. The summed E-state index contributed by atoms with van der Waals surface area (Å²) in [5.74, 6) is -0.568. The molecule has 3 heterocycles. The Morgan fingerprint density at radius 2 is 1.88 bits per heavy atom. The third-order valence-electron chi connectivity index (χ3n) is 4.99. The Hall–Kier alpha value is -3.68. The topological polar surface area (TPSA) is 94.0 Å². The molecule has 0 spiro atoms. The van der Waals surface area contributed by atoms with Crippen LogP contribution in [0.5, 0.6) is 5.75 Å². The molecule has 32 heavy (non-hydrogen) atoms. The SMILES string of the molecule is O=C(c1nnc(-c2cccnc2)o1)c1c(Cl)n(Cc2ccc(Cl)cc2)c2ccc(O)cc12. The smallest absolute Gasteiger partial charge is 0.289 e. The van der Waals surface area contributed by atoms with Crippen molar-refractivity contribution in [1.82, 2.24) is 19.7 Å². The van der Waals surface area contributed by atoms with Crippen LogP contribution in [0.3, 0.4) is 0 Å². The van der Waals surface area contributed by atoms with Crippen LogP contribution in [0, 0.1) is 0 Å². The molecule has 5 rings (SSSR count). The molecule has 0 radical (unpaired) electrons. The molecule has 0 unspecified atom stereocenters. The number of hydrogen-bond acceptors (Lipinski definition) is 6. The van der Waals surface area contributed by atoms with Gasteiger partial charge in [0, 0.05) is 29.3 Å². The monoisotopic (exact) mass is 464 g/mol. The van der Waals surface area contributed by atoms with Gasteiger partial charge in [-0.3, -0.25) is 9.78 Å². The maximum absolute atomic E-state index is 13.3. The molecule has 0 aliphatic rings. The second-order valence-electron chi connectivity index (χ2n) is 7.06. The average molecular weight is 465 g/mol. The maximum Gasteiger partial charge on any atom is 0.289 e. The highest BCUT2D eigenvalue weighted by Crippen LogP contribution is 2.35. The van der Waals surface area contributed by atoms with Crippen LogP contribution in [0.4, 0.5) is 0 Å². The van der Waals surface area contributed by atoms with Gasteiger partial charge < -0.3 is 14.1 Å². The zero-order valence-corrected chi connectivity index (χ0v) is 17.9. The number of carbonyl (C=O) groups excluding carboxylic acids is 1. The van der Waals surface area contributed by atoms with Crippen molar-refractivity contribution in [2.45, 2.75) is 6.54 Å². The van der Waals surface area contributed by atoms with Crippen LogP contribution in [0.1, 0.15) is 21.8 Å². The van der Waals surface area contributed by atoms with Crippen molar-refractivity contribution in [2.75, 3.05) is 0 Å². The summed E-state index contributed by atoms with van der Waals surface area (Å²) in [4.78, 5) is 17.4. The summed E-state index contributed by atoms with van der Waals surface area (Å²) in [6.07, 6.45) is 3.18. The summed E-state index contributed by atoms with van der Waals surface area (Å²) in [5, 5.41) is 19.2. The number of benzene rings is 2. The Labute approximate surface area is 191 Å². The second-order valence-corrected chi connectivity index (χ2v) is 7.86. The van der Waals surface area contributed by atoms with Crippen LogP contribution in [0.2, 0.25) is 10.2 Å². The third-order valence-corrected chi connectivity index (χ3v) is 5.64. The number of nitrogens with zero attached hydrogens (tertiary/aromatic N) is 4. The van der Waals surface area contributed by atoms with Crippen LogP contribution in [0.25, 0.3) is 22.4 Å². The normalized spacial score (nSPS) is 11.2. The molecule has 0 saturated heterocycles. The van der Waals surface area contributed by atoms with E-state index in [-0.39, 0.29) is 28.2 Å². The minimum absolute atomic E-state index is 0.00781. The number of rotatable bonds is 5. The molecule has 0 saturated carbocycles. The molecule has 3 aromatic heterocycles. The number of aromatic hydroxyl groups is 1. The lowest BCUT2D eigenvalue weighted by atomic mass is 10.1. The summed E-state index contributed by atoms with van der Waals surface area (Å²) in [7, 11) is 0. The van der Waals surface area contributed by atoms with Gasteiger partial charge in [-0.05, 0) is 48.0 Å². The van der Waals surface area contributed by atoms with E-state index in [1.807, 2.05) is 12.1 Å². The number of pyridine rings is 1. The first-order chi connectivity index (χ1) is 15.5. The molecule has 9 heteroatoms. The highest BCUT2D eigenvalue weighted by molar-refractivity contribution is 6.36. The Morgan fingerprint density at radius 1 is 1.06 bits per heavy atom. The van der Waals surface area contributed by atoms with Gasteiger partial charge in [0.2, 0.25) is 5.89 Å². The number of fused-ring (bicyclic) bond motifs is 1. The van der Waals surface area contributed by atoms with Gasteiger partial charge in [-0.1, -0.05) is 35.3 Å². The van der Waals surface area contributed by atoms with Crippen LogP contribution >= 0.6 is 23.2 Å². The van der Waals surface area contributed by atoms with Crippen molar-refractivity contribution < 1.29 is 14.3 Å². The number of phenolic OH excluding ortho intramolecular Hbond substituents is 1. The summed E-state index contributed by atoms with van der Waals surface area (Å²) >= 11 is 12.7. The van der Waals surface area contributed by atoms with Crippen LogP contribution in [-0.4, -0.2) is 30.6 Å². The van der Waals surface area contributed by atoms with E-state index in [1.165, 1.54) is 6.07 Å². The molecule has 0 aliphatic carbocycles.